The van der Waals surface area contributed by atoms with Gasteiger partial charge in [0.25, 0.3) is 0 Å². The third-order valence-electron chi connectivity index (χ3n) is 1.55. The van der Waals surface area contributed by atoms with Crippen molar-refractivity contribution in [2.75, 3.05) is 0 Å². The standard InChI is InChI=1S/C8H6FIO2/c1-4-6(9)3-2-5(7(4)10)8(11)12/h2-3H,1H3,(H,11,12). The zero-order valence-electron chi connectivity index (χ0n) is 6.27. The van der Waals surface area contributed by atoms with Crippen molar-refractivity contribution in [1.82, 2.24) is 0 Å². The van der Waals surface area contributed by atoms with Gasteiger partial charge in [-0.05, 0) is 47.2 Å². The first-order valence-corrected chi connectivity index (χ1v) is 4.30. The molecule has 4 heteroatoms. The summed E-state index contributed by atoms with van der Waals surface area (Å²) in [5.74, 6) is -1.40. The second-order valence-electron chi connectivity index (χ2n) is 2.34. The van der Waals surface area contributed by atoms with E-state index < -0.39 is 5.97 Å². The van der Waals surface area contributed by atoms with E-state index in [0.29, 0.717) is 9.13 Å². The molecule has 0 unspecified atom stereocenters. The molecule has 0 saturated heterocycles. The summed E-state index contributed by atoms with van der Waals surface area (Å²) < 4.78 is 13.3. The maximum absolute atomic E-state index is 12.8. The van der Waals surface area contributed by atoms with Crippen molar-refractivity contribution < 1.29 is 14.3 Å². The van der Waals surface area contributed by atoms with E-state index in [4.69, 9.17) is 5.11 Å². The summed E-state index contributed by atoms with van der Waals surface area (Å²) in [4.78, 5) is 10.6. The summed E-state index contributed by atoms with van der Waals surface area (Å²) in [5.41, 5.74) is 0.532. The monoisotopic (exact) mass is 280 g/mol. The molecule has 0 saturated carbocycles. The lowest BCUT2D eigenvalue weighted by Gasteiger charge is -2.02. The van der Waals surface area contributed by atoms with Crippen LogP contribution in [0.3, 0.4) is 0 Å². The molecule has 0 atom stereocenters. The van der Waals surface area contributed by atoms with Crippen molar-refractivity contribution in [2.24, 2.45) is 0 Å². The summed E-state index contributed by atoms with van der Waals surface area (Å²) in [6.07, 6.45) is 0. The van der Waals surface area contributed by atoms with Gasteiger partial charge in [0, 0.05) is 3.57 Å². The van der Waals surface area contributed by atoms with Gasteiger partial charge in [-0.3, -0.25) is 0 Å². The fourth-order valence-corrected chi connectivity index (χ4v) is 1.49. The average Bonchev–Trinajstić information content (AvgIpc) is 2.00. The molecule has 0 fully saturated rings. The van der Waals surface area contributed by atoms with Crippen LogP contribution in [-0.2, 0) is 0 Å². The Labute approximate surface area is 82.5 Å². The molecule has 0 aliphatic heterocycles. The maximum atomic E-state index is 12.8. The molecule has 1 aromatic rings. The van der Waals surface area contributed by atoms with E-state index in [1.165, 1.54) is 12.1 Å². The van der Waals surface area contributed by atoms with Crippen LogP contribution in [0.1, 0.15) is 15.9 Å². The highest BCUT2D eigenvalue weighted by molar-refractivity contribution is 14.1. The normalized spacial score (nSPS) is 9.92. The van der Waals surface area contributed by atoms with Crippen molar-refractivity contribution in [3.05, 3.63) is 32.6 Å². The maximum Gasteiger partial charge on any atom is 0.336 e. The topological polar surface area (TPSA) is 37.3 Å². The molecule has 12 heavy (non-hydrogen) atoms. The third kappa shape index (κ3) is 1.57. The van der Waals surface area contributed by atoms with E-state index in [9.17, 15) is 9.18 Å². The van der Waals surface area contributed by atoms with Gasteiger partial charge in [0.05, 0.1) is 5.56 Å². The Balaban J connectivity index is 3.36. The van der Waals surface area contributed by atoms with Crippen LogP contribution < -0.4 is 0 Å². The van der Waals surface area contributed by atoms with E-state index in [-0.39, 0.29) is 11.4 Å². The summed E-state index contributed by atoms with van der Waals surface area (Å²) in [7, 11) is 0. The number of carboxylic acid groups (broad SMARTS) is 1. The van der Waals surface area contributed by atoms with Gasteiger partial charge in [-0.25, -0.2) is 9.18 Å². The number of hydrogen-bond donors (Lipinski definition) is 1. The predicted octanol–water partition coefficient (Wildman–Crippen LogP) is 2.44. The number of carboxylic acids is 1. The number of carbonyl (C=O) groups is 1. The van der Waals surface area contributed by atoms with Gasteiger partial charge in [0.2, 0.25) is 0 Å². The number of halogens is 2. The van der Waals surface area contributed by atoms with E-state index in [2.05, 4.69) is 0 Å². The van der Waals surface area contributed by atoms with Crippen LogP contribution in [0.25, 0.3) is 0 Å². The minimum Gasteiger partial charge on any atom is -0.478 e. The zero-order chi connectivity index (χ0) is 9.30. The van der Waals surface area contributed by atoms with Crippen LogP contribution in [-0.4, -0.2) is 11.1 Å². The van der Waals surface area contributed by atoms with Crippen LogP contribution in [0.15, 0.2) is 12.1 Å². The van der Waals surface area contributed by atoms with E-state index >= 15 is 0 Å². The van der Waals surface area contributed by atoms with Gasteiger partial charge in [-0.15, -0.1) is 0 Å². The highest BCUT2D eigenvalue weighted by Crippen LogP contribution is 2.19. The van der Waals surface area contributed by atoms with Gasteiger partial charge in [-0.1, -0.05) is 0 Å². The summed E-state index contributed by atoms with van der Waals surface area (Å²) in [6.45, 7) is 1.56. The molecule has 1 rings (SSSR count). The molecule has 0 amide bonds. The van der Waals surface area contributed by atoms with Gasteiger partial charge in [0.15, 0.2) is 0 Å². The predicted molar refractivity (Wildman–Crippen MR) is 50.8 cm³/mol. The Morgan fingerprint density at radius 1 is 1.58 bits per heavy atom. The van der Waals surface area contributed by atoms with Crippen molar-refractivity contribution in [2.45, 2.75) is 6.92 Å². The lowest BCUT2D eigenvalue weighted by atomic mass is 10.1. The number of benzene rings is 1. The number of rotatable bonds is 1. The Kier molecular flexibility index (Phi) is 2.66. The van der Waals surface area contributed by atoms with Crippen LogP contribution in [0.4, 0.5) is 4.39 Å². The van der Waals surface area contributed by atoms with Crippen molar-refractivity contribution in [3.8, 4) is 0 Å². The fourth-order valence-electron chi connectivity index (χ4n) is 0.827. The highest BCUT2D eigenvalue weighted by atomic mass is 127. The molecule has 0 aliphatic carbocycles. The Bertz CT molecular complexity index is 336. The van der Waals surface area contributed by atoms with Crippen LogP contribution in [0.5, 0.6) is 0 Å². The van der Waals surface area contributed by atoms with E-state index in [1.54, 1.807) is 6.92 Å². The zero-order valence-corrected chi connectivity index (χ0v) is 8.42. The second-order valence-corrected chi connectivity index (χ2v) is 3.42. The van der Waals surface area contributed by atoms with E-state index in [1.807, 2.05) is 22.6 Å². The quantitative estimate of drug-likeness (QED) is 0.802. The fraction of sp³-hybridized carbons (Fsp3) is 0.125. The molecule has 0 aromatic heterocycles. The van der Waals surface area contributed by atoms with Gasteiger partial charge >= 0.3 is 5.97 Å². The van der Waals surface area contributed by atoms with Crippen LogP contribution >= 0.6 is 22.6 Å². The molecule has 0 spiro atoms. The molecule has 1 N–H and O–H groups in total. The van der Waals surface area contributed by atoms with Gasteiger partial charge in [-0.2, -0.15) is 0 Å². The largest absolute Gasteiger partial charge is 0.478 e. The van der Waals surface area contributed by atoms with Crippen LogP contribution in [0.2, 0.25) is 0 Å². The molecular formula is C8H6FIO2. The molecular weight excluding hydrogens is 274 g/mol. The summed E-state index contributed by atoms with van der Waals surface area (Å²) in [6, 6.07) is 2.44. The van der Waals surface area contributed by atoms with Crippen LogP contribution in [0, 0.1) is 16.3 Å². The van der Waals surface area contributed by atoms with Crippen molar-refractivity contribution >= 4 is 28.6 Å². The summed E-state index contributed by atoms with van der Waals surface area (Å²) in [5, 5.41) is 8.65. The molecule has 0 bridgehead atoms. The van der Waals surface area contributed by atoms with Crippen molar-refractivity contribution in [1.29, 1.82) is 0 Å². The SMILES string of the molecule is Cc1c(F)ccc(C(=O)O)c1I. The van der Waals surface area contributed by atoms with Gasteiger partial charge < -0.3 is 5.11 Å². The van der Waals surface area contributed by atoms with Gasteiger partial charge in [0.1, 0.15) is 5.82 Å². The first kappa shape index (κ1) is 9.44. The molecule has 0 radical (unpaired) electrons. The second kappa shape index (κ2) is 3.38. The Morgan fingerprint density at radius 3 is 2.67 bits per heavy atom. The lowest BCUT2D eigenvalue weighted by Crippen LogP contribution is -2.02. The molecule has 2 nitrogen and oxygen atoms in total. The minimum atomic E-state index is -1.03. The van der Waals surface area contributed by atoms with E-state index in [0.717, 1.165) is 0 Å². The Morgan fingerprint density at radius 2 is 2.17 bits per heavy atom. The number of aromatic carboxylic acids is 1. The average molecular weight is 280 g/mol. The number of hydrogen-bond acceptors (Lipinski definition) is 1. The first-order valence-electron chi connectivity index (χ1n) is 3.22. The lowest BCUT2D eigenvalue weighted by molar-refractivity contribution is 0.0695. The minimum absolute atomic E-state index is 0.148. The Hall–Kier alpha value is -0.650. The van der Waals surface area contributed by atoms with Crippen molar-refractivity contribution in [3.63, 3.8) is 0 Å². The highest BCUT2D eigenvalue weighted by Gasteiger charge is 2.12. The molecule has 1 aromatic carbocycles. The molecule has 64 valence electrons. The summed E-state index contributed by atoms with van der Waals surface area (Å²) >= 11 is 1.82. The molecule has 0 heterocycles. The smallest absolute Gasteiger partial charge is 0.336 e. The molecule has 0 aliphatic rings. The first-order chi connectivity index (χ1) is 5.54. The third-order valence-corrected chi connectivity index (χ3v) is 2.94.